The van der Waals surface area contributed by atoms with E-state index in [2.05, 4.69) is 72.8 Å². The lowest BCUT2D eigenvalue weighted by Gasteiger charge is -2.35. The average Bonchev–Trinajstić information content (AvgIpc) is 2.84. The smallest absolute Gasteiger partial charge is 0.337 e. The number of carbonyl (C=O) groups is 1. The molecule has 0 aliphatic rings. The quantitative estimate of drug-likeness (QED) is 0.205. The van der Waals surface area contributed by atoms with E-state index < -0.39 is 4.75 Å². The SMILES string of the molecule is COC(=O)c1ccc(SC(c2ccccc2)(c2ccccc2)c2ccccc2)cc1. The standard InChI is InChI=1S/C27H22O2S/c1-29-26(28)21-17-19-25(20-18-21)30-27(22-11-5-2-6-12-22,23-13-7-3-8-14-23)24-15-9-4-10-16-24/h2-20H,1H3. The summed E-state index contributed by atoms with van der Waals surface area (Å²) < 4.78 is 4.41. The van der Waals surface area contributed by atoms with Crippen molar-refractivity contribution in [2.24, 2.45) is 0 Å². The maximum atomic E-state index is 11.8. The molecular formula is C27H22O2S. The minimum absolute atomic E-state index is 0.327. The van der Waals surface area contributed by atoms with Crippen molar-refractivity contribution in [3.05, 3.63) is 138 Å². The second kappa shape index (κ2) is 9.02. The third kappa shape index (κ3) is 3.89. The summed E-state index contributed by atoms with van der Waals surface area (Å²) in [7, 11) is 1.40. The van der Waals surface area contributed by atoms with Gasteiger partial charge >= 0.3 is 5.97 Å². The number of thioether (sulfide) groups is 1. The van der Waals surface area contributed by atoms with Crippen LogP contribution in [0.4, 0.5) is 0 Å². The molecule has 0 N–H and O–H groups in total. The molecule has 30 heavy (non-hydrogen) atoms. The summed E-state index contributed by atoms with van der Waals surface area (Å²) in [5, 5.41) is 0. The first kappa shape index (κ1) is 20.0. The molecule has 4 aromatic carbocycles. The Morgan fingerprint density at radius 2 is 1.03 bits per heavy atom. The van der Waals surface area contributed by atoms with E-state index in [-0.39, 0.29) is 5.97 Å². The summed E-state index contributed by atoms with van der Waals surface area (Å²) >= 11 is 1.77. The number of hydrogen-bond acceptors (Lipinski definition) is 3. The van der Waals surface area contributed by atoms with Crippen molar-refractivity contribution in [3.8, 4) is 0 Å². The first-order valence-electron chi connectivity index (χ1n) is 9.78. The summed E-state index contributed by atoms with van der Waals surface area (Å²) in [4.78, 5) is 12.9. The van der Waals surface area contributed by atoms with Gasteiger partial charge in [0.25, 0.3) is 0 Å². The lowest BCUT2D eigenvalue weighted by atomic mass is 9.84. The highest BCUT2D eigenvalue weighted by Gasteiger charge is 2.37. The number of hydrogen-bond donors (Lipinski definition) is 0. The molecule has 4 rings (SSSR count). The number of esters is 1. The first-order valence-corrected chi connectivity index (χ1v) is 10.6. The second-order valence-corrected chi connectivity index (χ2v) is 8.19. The summed E-state index contributed by atoms with van der Waals surface area (Å²) in [6.45, 7) is 0. The number of benzene rings is 4. The van der Waals surface area contributed by atoms with Gasteiger partial charge < -0.3 is 4.74 Å². The van der Waals surface area contributed by atoms with Crippen LogP contribution in [0.1, 0.15) is 27.0 Å². The fraction of sp³-hybridized carbons (Fsp3) is 0.0741. The molecular weight excluding hydrogens is 388 g/mol. The number of rotatable bonds is 6. The highest BCUT2D eigenvalue weighted by atomic mass is 32.2. The maximum absolute atomic E-state index is 11.8. The van der Waals surface area contributed by atoms with E-state index in [0.717, 1.165) is 4.90 Å². The molecule has 0 fully saturated rings. The molecule has 2 nitrogen and oxygen atoms in total. The van der Waals surface area contributed by atoms with Crippen molar-refractivity contribution in [1.29, 1.82) is 0 Å². The molecule has 0 unspecified atom stereocenters. The van der Waals surface area contributed by atoms with Crippen molar-refractivity contribution < 1.29 is 9.53 Å². The Balaban J connectivity index is 1.90. The first-order chi connectivity index (χ1) is 14.7. The summed E-state index contributed by atoms with van der Waals surface area (Å²) in [6.07, 6.45) is 0. The van der Waals surface area contributed by atoms with E-state index in [4.69, 9.17) is 4.74 Å². The Morgan fingerprint density at radius 3 is 1.40 bits per heavy atom. The fourth-order valence-electron chi connectivity index (χ4n) is 3.65. The van der Waals surface area contributed by atoms with Gasteiger partial charge in [-0.25, -0.2) is 4.79 Å². The van der Waals surface area contributed by atoms with Gasteiger partial charge in [-0.2, -0.15) is 0 Å². The van der Waals surface area contributed by atoms with Gasteiger partial charge in [0, 0.05) is 4.90 Å². The van der Waals surface area contributed by atoms with Crippen LogP contribution in [0.25, 0.3) is 0 Å². The third-order valence-electron chi connectivity index (χ3n) is 5.09. The topological polar surface area (TPSA) is 26.3 Å². The highest BCUT2D eigenvalue weighted by molar-refractivity contribution is 8.00. The molecule has 0 radical (unpaired) electrons. The molecule has 3 heteroatoms. The van der Waals surface area contributed by atoms with Crippen molar-refractivity contribution >= 4 is 17.7 Å². The molecule has 0 amide bonds. The van der Waals surface area contributed by atoms with E-state index in [9.17, 15) is 4.79 Å². The molecule has 0 aliphatic heterocycles. The zero-order valence-electron chi connectivity index (χ0n) is 16.7. The van der Waals surface area contributed by atoms with Crippen LogP contribution in [0.2, 0.25) is 0 Å². The van der Waals surface area contributed by atoms with Gasteiger partial charge in [0.05, 0.1) is 17.4 Å². The monoisotopic (exact) mass is 410 g/mol. The van der Waals surface area contributed by atoms with Crippen molar-refractivity contribution in [3.63, 3.8) is 0 Å². The Labute approximate surface area is 181 Å². The summed E-state index contributed by atoms with van der Waals surface area (Å²) in [5.41, 5.74) is 4.14. The van der Waals surface area contributed by atoms with Crippen LogP contribution >= 0.6 is 11.8 Å². The highest BCUT2D eigenvalue weighted by Crippen LogP contribution is 2.51. The Hall–Kier alpha value is -3.30. The lowest BCUT2D eigenvalue weighted by Crippen LogP contribution is -2.25. The molecule has 0 bridgehead atoms. The van der Waals surface area contributed by atoms with E-state index in [1.807, 2.05) is 42.5 Å². The minimum atomic E-state index is -0.434. The van der Waals surface area contributed by atoms with Gasteiger partial charge in [0.2, 0.25) is 0 Å². The normalized spacial score (nSPS) is 11.1. The van der Waals surface area contributed by atoms with Crippen molar-refractivity contribution in [2.45, 2.75) is 9.64 Å². The Kier molecular flexibility index (Phi) is 6.01. The third-order valence-corrected chi connectivity index (χ3v) is 6.61. The Morgan fingerprint density at radius 1 is 0.633 bits per heavy atom. The van der Waals surface area contributed by atoms with Crippen LogP contribution in [-0.4, -0.2) is 13.1 Å². The average molecular weight is 411 g/mol. The predicted molar refractivity (Wildman–Crippen MR) is 123 cm³/mol. The maximum Gasteiger partial charge on any atom is 0.337 e. The van der Waals surface area contributed by atoms with E-state index in [1.165, 1.54) is 23.8 Å². The van der Waals surface area contributed by atoms with E-state index in [1.54, 1.807) is 11.8 Å². The molecule has 0 aliphatic carbocycles. The van der Waals surface area contributed by atoms with Gasteiger partial charge in [-0.15, -0.1) is 11.8 Å². The second-order valence-electron chi connectivity index (χ2n) is 6.90. The van der Waals surface area contributed by atoms with Gasteiger partial charge in [-0.05, 0) is 41.0 Å². The summed E-state index contributed by atoms with van der Waals surface area (Å²) in [5.74, 6) is -0.327. The zero-order chi connectivity index (χ0) is 20.8. The minimum Gasteiger partial charge on any atom is -0.465 e. The van der Waals surface area contributed by atoms with E-state index in [0.29, 0.717) is 5.56 Å². The fourth-order valence-corrected chi connectivity index (χ4v) is 5.04. The lowest BCUT2D eigenvalue weighted by molar-refractivity contribution is 0.0600. The van der Waals surface area contributed by atoms with Gasteiger partial charge in [0.15, 0.2) is 0 Å². The van der Waals surface area contributed by atoms with Crippen LogP contribution in [0, 0.1) is 0 Å². The molecule has 0 saturated carbocycles. The van der Waals surface area contributed by atoms with Crippen LogP contribution in [0.3, 0.4) is 0 Å². The van der Waals surface area contributed by atoms with Crippen LogP contribution in [0.5, 0.6) is 0 Å². The van der Waals surface area contributed by atoms with Crippen molar-refractivity contribution in [1.82, 2.24) is 0 Å². The largest absolute Gasteiger partial charge is 0.465 e. The van der Waals surface area contributed by atoms with Crippen LogP contribution in [-0.2, 0) is 9.48 Å². The van der Waals surface area contributed by atoms with Gasteiger partial charge in [-0.3, -0.25) is 0 Å². The predicted octanol–water partition coefficient (Wildman–Crippen LogP) is 6.56. The summed E-state index contributed by atoms with van der Waals surface area (Å²) in [6, 6.07) is 39.3. The molecule has 148 valence electrons. The van der Waals surface area contributed by atoms with Crippen LogP contribution in [0.15, 0.2) is 120 Å². The molecule has 0 heterocycles. The molecule has 0 atom stereocenters. The number of ether oxygens (including phenoxy) is 1. The number of carbonyl (C=O) groups excluding carboxylic acids is 1. The molecule has 4 aromatic rings. The molecule has 0 aromatic heterocycles. The van der Waals surface area contributed by atoms with Crippen molar-refractivity contribution in [2.75, 3.05) is 7.11 Å². The molecule has 0 saturated heterocycles. The molecule has 0 spiro atoms. The van der Waals surface area contributed by atoms with Gasteiger partial charge in [0.1, 0.15) is 0 Å². The van der Waals surface area contributed by atoms with Crippen LogP contribution < -0.4 is 0 Å². The Bertz CT molecular complexity index is 995. The number of methoxy groups -OCH3 is 1. The van der Waals surface area contributed by atoms with E-state index >= 15 is 0 Å². The zero-order valence-corrected chi connectivity index (χ0v) is 17.5. The van der Waals surface area contributed by atoms with Gasteiger partial charge in [-0.1, -0.05) is 91.0 Å².